The van der Waals surface area contributed by atoms with Crippen LogP contribution in [0, 0.1) is 11.6 Å². The van der Waals surface area contributed by atoms with E-state index in [1.54, 1.807) is 0 Å². The zero-order valence-electron chi connectivity index (χ0n) is 10.7. The number of halogens is 3. The van der Waals surface area contributed by atoms with Gasteiger partial charge in [-0.15, -0.1) is 0 Å². The maximum Gasteiger partial charge on any atom is 0.339 e. The first-order valence-electron chi connectivity index (χ1n) is 5.66. The van der Waals surface area contributed by atoms with Crippen LogP contribution in [0.4, 0.5) is 8.78 Å². The highest BCUT2D eigenvalue weighted by molar-refractivity contribution is 9.10. The third-order valence-corrected chi connectivity index (χ3v) is 3.06. The maximum atomic E-state index is 13.7. The van der Waals surface area contributed by atoms with Crippen LogP contribution in [-0.4, -0.2) is 18.2 Å². The number of aromatic carboxylic acids is 1. The van der Waals surface area contributed by atoms with Gasteiger partial charge in [-0.2, -0.15) is 4.39 Å². The first-order chi connectivity index (χ1) is 9.92. The molecular formula is C14H9BrF2O4. The van der Waals surface area contributed by atoms with Gasteiger partial charge in [0.25, 0.3) is 0 Å². The lowest BCUT2D eigenvalue weighted by Crippen LogP contribution is -2.02. The van der Waals surface area contributed by atoms with E-state index in [2.05, 4.69) is 15.9 Å². The molecule has 0 aromatic heterocycles. The molecule has 0 fully saturated rings. The van der Waals surface area contributed by atoms with E-state index >= 15 is 0 Å². The fourth-order valence-corrected chi connectivity index (χ4v) is 2.02. The zero-order chi connectivity index (χ0) is 15.6. The van der Waals surface area contributed by atoms with Gasteiger partial charge in [-0.25, -0.2) is 9.18 Å². The second kappa shape index (κ2) is 6.09. The number of rotatable bonds is 4. The summed E-state index contributed by atoms with van der Waals surface area (Å²) in [5.41, 5.74) is -0.199. The lowest BCUT2D eigenvalue weighted by atomic mass is 10.2. The van der Waals surface area contributed by atoms with Crippen molar-refractivity contribution in [3.8, 4) is 17.2 Å². The molecule has 0 aliphatic rings. The van der Waals surface area contributed by atoms with Gasteiger partial charge in [0.15, 0.2) is 11.6 Å². The Kier molecular flexibility index (Phi) is 4.42. The van der Waals surface area contributed by atoms with Gasteiger partial charge in [0.1, 0.15) is 17.1 Å². The molecule has 0 aliphatic heterocycles. The summed E-state index contributed by atoms with van der Waals surface area (Å²) in [4.78, 5) is 11.1. The summed E-state index contributed by atoms with van der Waals surface area (Å²) in [6.45, 7) is 0. The molecule has 0 saturated heterocycles. The summed E-state index contributed by atoms with van der Waals surface area (Å²) < 4.78 is 37.4. The molecule has 0 bridgehead atoms. The summed E-state index contributed by atoms with van der Waals surface area (Å²) in [6.07, 6.45) is 0. The van der Waals surface area contributed by atoms with Crippen molar-refractivity contribution >= 4 is 21.9 Å². The van der Waals surface area contributed by atoms with Crippen molar-refractivity contribution in [1.29, 1.82) is 0 Å². The van der Waals surface area contributed by atoms with E-state index < -0.39 is 23.4 Å². The van der Waals surface area contributed by atoms with Gasteiger partial charge < -0.3 is 14.6 Å². The number of carboxylic acids is 1. The van der Waals surface area contributed by atoms with Crippen LogP contribution < -0.4 is 9.47 Å². The largest absolute Gasteiger partial charge is 0.497 e. The number of hydrogen-bond acceptors (Lipinski definition) is 3. The summed E-state index contributed by atoms with van der Waals surface area (Å²) in [5.74, 6) is -3.85. The van der Waals surface area contributed by atoms with Gasteiger partial charge in [0.05, 0.1) is 7.11 Å². The quantitative estimate of drug-likeness (QED) is 0.831. The number of carbonyl (C=O) groups is 1. The Bertz CT molecular complexity index is 704. The van der Waals surface area contributed by atoms with Gasteiger partial charge in [-0.1, -0.05) is 15.9 Å². The second-order valence-corrected chi connectivity index (χ2v) is 4.88. The zero-order valence-corrected chi connectivity index (χ0v) is 12.3. The Morgan fingerprint density at radius 2 is 1.90 bits per heavy atom. The van der Waals surface area contributed by atoms with Crippen LogP contribution >= 0.6 is 15.9 Å². The number of methoxy groups -OCH3 is 1. The van der Waals surface area contributed by atoms with E-state index in [4.69, 9.17) is 14.6 Å². The minimum Gasteiger partial charge on any atom is -0.497 e. The van der Waals surface area contributed by atoms with Crippen molar-refractivity contribution < 1.29 is 28.2 Å². The van der Waals surface area contributed by atoms with Crippen molar-refractivity contribution in [1.82, 2.24) is 0 Å². The number of benzene rings is 2. The van der Waals surface area contributed by atoms with Crippen LogP contribution in [0.5, 0.6) is 17.2 Å². The molecule has 0 aliphatic carbocycles. The SMILES string of the molecule is COc1ccc(C(=O)O)c(Oc2cc(Br)cc(F)c2F)c1. The van der Waals surface area contributed by atoms with Crippen molar-refractivity contribution in [2.75, 3.05) is 7.11 Å². The molecule has 0 saturated carbocycles. The smallest absolute Gasteiger partial charge is 0.339 e. The van der Waals surface area contributed by atoms with E-state index in [9.17, 15) is 13.6 Å². The van der Waals surface area contributed by atoms with Crippen LogP contribution in [0.15, 0.2) is 34.8 Å². The Morgan fingerprint density at radius 3 is 2.52 bits per heavy atom. The second-order valence-electron chi connectivity index (χ2n) is 3.97. The molecule has 2 aromatic carbocycles. The van der Waals surface area contributed by atoms with E-state index in [-0.39, 0.29) is 15.8 Å². The molecule has 0 radical (unpaired) electrons. The first kappa shape index (κ1) is 15.2. The Morgan fingerprint density at radius 1 is 1.19 bits per heavy atom. The molecule has 21 heavy (non-hydrogen) atoms. The monoisotopic (exact) mass is 358 g/mol. The summed E-state index contributed by atoms with van der Waals surface area (Å²) >= 11 is 3.01. The van der Waals surface area contributed by atoms with Crippen LogP contribution in [0.25, 0.3) is 0 Å². The summed E-state index contributed by atoms with van der Waals surface area (Å²) in [5, 5.41) is 9.09. The Balaban J connectivity index is 2.50. The Labute approximate surface area is 127 Å². The Hall–Kier alpha value is -2.15. The molecule has 110 valence electrons. The molecule has 0 spiro atoms. The first-order valence-corrected chi connectivity index (χ1v) is 6.45. The summed E-state index contributed by atoms with van der Waals surface area (Å²) in [6, 6.07) is 6.09. The van der Waals surface area contributed by atoms with E-state index in [0.29, 0.717) is 5.75 Å². The maximum absolute atomic E-state index is 13.7. The minimum atomic E-state index is -1.26. The standard InChI is InChI=1S/C14H9BrF2O4/c1-20-8-2-3-9(14(18)19)11(6-8)21-12-5-7(15)4-10(16)13(12)17/h2-6H,1H3,(H,18,19). The molecule has 0 unspecified atom stereocenters. The molecule has 1 N–H and O–H groups in total. The molecule has 4 nitrogen and oxygen atoms in total. The van der Waals surface area contributed by atoms with Gasteiger partial charge >= 0.3 is 5.97 Å². The van der Waals surface area contributed by atoms with Crippen LogP contribution in [0.3, 0.4) is 0 Å². The van der Waals surface area contributed by atoms with E-state index in [1.807, 2.05) is 0 Å². The van der Waals surface area contributed by atoms with E-state index in [1.165, 1.54) is 31.4 Å². The molecule has 0 atom stereocenters. The average molecular weight is 359 g/mol. The highest BCUT2D eigenvalue weighted by Gasteiger charge is 2.17. The lowest BCUT2D eigenvalue weighted by Gasteiger charge is -2.11. The third kappa shape index (κ3) is 3.30. The van der Waals surface area contributed by atoms with Gasteiger partial charge in [0, 0.05) is 10.5 Å². The van der Waals surface area contributed by atoms with Crippen molar-refractivity contribution in [2.24, 2.45) is 0 Å². The van der Waals surface area contributed by atoms with Gasteiger partial charge in [-0.3, -0.25) is 0 Å². The lowest BCUT2D eigenvalue weighted by molar-refractivity contribution is 0.0694. The normalized spacial score (nSPS) is 10.3. The minimum absolute atomic E-state index is 0.154. The fraction of sp³-hybridized carbons (Fsp3) is 0.0714. The predicted octanol–water partition coefficient (Wildman–Crippen LogP) is 4.23. The van der Waals surface area contributed by atoms with Crippen LogP contribution in [0.1, 0.15) is 10.4 Å². The highest BCUT2D eigenvalue weighted by Crippen LogP contribution is 2.33. The van der Waals surface area contributed by atoms with Crippen LogP contribution in [-0.2, 0) is 0 Å². The number of carboxylic acid groups (broad SMARTS) is 1. The molecule has 0 heterocycles. The number of ether oxygens (including phenoxy) is 2. The molecule has 2 rings (SSSR count). The van der Waals surface area contributed by atoms with E-state index in [0.717, 1.165) is 6.07 Å². The summed E-state index contributed by atoms with van der Waals surface area (Å²) in [7, 11) is 1.39. The van der Waals surface area contributed by atoms with Crippen molar-refractivity contribution in [3.05, 3.63) is 52.0 Å². The van der Waals surface area contributed by atoms with Crippen molar-refractivity contribution in [3.63, 3.8) is 0 Å². The van der Waals surface area contributed by atoms with Crippen LogP contribution in [0.2, 0.25) is 0 Å². The molecule has 2 aromatic rings. The molecular weight excluding hydrogens is 350 g/mol. The highest BCUT2D eigenvalue weighted by atomic mass is 79.9. The topological polar surface area (TPSA) is 55.8 Å². The average Bonchev–Trinajstić information content (AvgIpc) is 2.43. The third-order valence-electron chi connectivity index (χ3n) is 2.60. The van der Waals surface area contributed by atoms with Gasteiger partial charge in [0.2, 0.25) is 5.82 Å². The van der Waals surface area contributed by atoms with Crippen molar-refractivity contribution in [2.45, 2.75) is 0 Å². The number of hydrogen-bond donors (Lipinski definition) is 1. The van der Waals surface area contributed by atoms with Gasteiger partial charge in [-0.05, 0) is 24.3 Å². The molecule has 7 heteroatoms. The fourth-order valence-electron chi connectivity index (χ4n) is 1.62. The molecule has 0 amide bonds. The predicted molar refractivity (Wildman–Crippen MR) is 74.1 cm³/mol.